The van der Waals surface area contributed by atoms with Gasteiger partial charge in [0.15, 0.2) is 22.8 Å². The fourth-order valence-corrected chi connectivity index (χ4v) is 9.84. The number of carbonyl (C=O) groups is 3. The van der Waals surface area contributed by atoms with E-state index in [1.54, 1.807) is 0 Å². The van der Waals surface area contributed by atoms with Gasteiger partial charge in [0.05, 0.1) is 19.5 Å². The Morgan fingerprint density at radius 2 is 1.46 bits per heavy atom. The van der Waals surface area contributed by atoms with Gasteiger partial charge < -0.3 is 69.3 Å². The maximum atomic E-state index is 12.7. The van der Waals surface area contributed by atoms with E-state index >= 15 is 0 Å². The number of unbranched alkanes of at least 4 members (excludes halogenated alkanes) is 4. The van der Waals surface area contributed by atoms with Crippen molar-refractivity contribution in [3.63, 3.8) is 0 Å². The topological polar surface area (TPSA) is 469 Å². The van der Waals surface area contributed by atoms with Crippen LogP contribution in [0, 0.1) is 5.41 Å². The lowest BCUT2D eigenvalue weighted by atomic mass is 9.87. The zero-order valence-corrected chi connectivity index (χ0v) is 44.4. The molecule has 1 saturated heterocycles. The quantitative estimate of drug-likeness (QED) is 0.0245. The third kappa shape index (κ3) is 25.6. The highest BCUT2D eigenvalue weighted by molar-refractivity contribution is 8.13. The Bertz CT molecular complexity index is 2230. The number of hydrogen-bond donors (Lipinski definition) is 12. The number of nitrogen functional groups attached to an aromatic ring is 1. The Morgan fingerprint density at radius 1 is 0.861 bits per heavy atom. The number of aliphatic hydroxyl groups excluding tert-OH is 2. The van der Waals surface area contributed by atoms with E-state index < -0.39 is 84.6 Å². The number of carbonyl (C=O) groups excluding carboxylic acids is 3. The molecule has 19 N–H and O–H groups in total. The first kappa shape index (κ1) is 68.4. The van der Waals surface area contributed by atoms with E-state index in [-0.39, 0.29) is 60.1 Å². The number of nitrogens with one attached hydrogen (secondary N) is 2. The number of nitrogens with zero attached hydrogens (tertiary/aromatic N) is 4. The van der Waals surface area contributed by atoms with E-state index in [1.165, 1.54) is 33.1 Å². The first-order valence-electron chi connectivity index (χ1n) is 22.2. The first-order valence-corrected chi connectivity index (χ1v) is 27.7. The summed E-state index contributed by atoms with van der Waals surface area (Å²) in [4.78, 5) is 88.3. The number of phosphoric ester groups is 3. The van der Waals surface area contributed by atoms with E-state index in [1.807, 2.05) is 0 Å². The highest BCUT2D eigenvalue weighted by Gasteiger charge is 2.50. The Balaban J connectivity index is 0.0000168. The summed E-state index contributed by atoms with van der Waals surface area (Å²) in [5, 5.41) is 26.6. The van der Waals surface area contributed by atoms with E-state index in [2.05, 4.69) is 90.0 Å². The molecular formula is C41H75N10O17P3S. The van der Waals surface area contributed by atoms with Crippen LogP contribution in [-0.4, -0.2) is 123 Å². The van der Waals surface area contributed by atoms with Gasteiger partial charge in [-0.15, -0.1) is 0 Å². The lowest BCUT2D eigenvalue weighted by Crippen LogP contribution is -2.46. The normalized spacial score (nSPS) is 19.5. The van der Waals surface area contributed by atoms with Crippen LogP contribution < -0.4 is 34.8 Å². The fraction of sp³-hybridized carbons (Fsp3) is 0.610. The Labute approximate surface area is 423 Å². The molecule has 1 fully saturated rings. The second kappa shape index (κ2) is 34.1. The number of nitrogens with two attached hydrogens (primary N) is 1. The summed E-state index contributed by atoms with van der Waals surface area (Å²) < 4.78 is 62.4. The summed E-state index contributed by atoms with van der Waals surface area (Å²) in [6.07, 6.45) is 19.7. The monoisotopic (exact) mass is 1100 g/mol. The molecule has 3 unspecified atom stereocenters. The maximum absolute atomic E-state index is 12.7. The average Bonchev–Trinajstić information content (AvgIpc) is 3.84. The summed E-state index contributed by atoms with van der Waals surface area (Å²) in [7, 11) is -16.4. The molecule has 2 amide bonds. The van der Waals surface area contributed by atoms with E-state index in [9.17, 15) is 57.9 Å². The van der Waals surface area contributed by atoms with Crippen LogP contribution in [0.25, 0.3) is 11.2 Å². The van der Waals surface area contributed by atoms with Gasteiger partial charge in [0.2, 0.25) is 11.8 Å². The van der Waals surface area contributed by atoms with E-state index in [0.29, 0.717) is 18.6 Å². The lowest BCUT2D eigenvalue weighted by Gasteiger charge is -2.30. The van der Waals surface area contributed by atoms with Gasteiger partial charge in [0, 0.05) is 37.1 Å². The minimum absolute atomic E-state index is 0. The molecule has 0 aliphatic carbocycles. The highest BCUT2D eigenvalue weighted by Crippen LogP contribution is 2.61. The molecule has 0 bridgehead atoms. The molecular weight excluding hydrogens is 1030 g/mol. The SMILES string of the molecule is CCCCC/C=C\C/C=C\C/C=C\C/C=C\CCCC(=O)SCCNC(=O)CCNC(=O)[C@H](O)C(C)(C)COP(=O)(O)OP(=O)(O)OC[C@H]1O[C@@H](n2cnc3c(N)ncnc32)C(O)[C@H]1OP(=O)(O)O.N.N.N. The van der Waals surface area contributed by atoms with Crippen molar-refractivity contribution in [3.05, 3.63) is 61.3 Å². The third-order valence-electron chi connectivity index (χ3n) is 9.97. The van der Waals surface area contributed by atoms with Crippen molar-refractivity contribution in [1.29, 1.82) is 0 Å². The number of rotatable bonds is 33. The van der Waals surface area contributed by atoms with Crippen LogP contribution in [0.5, 0.6) is 0 Å². The molecule has 0 saturated carbocycles. The minimum atomic E-state index is -5.58. The second-order valence-electron chi connectivity index (χ2n) is 16.3. The van der Waals surface area contributed by atoms with Crippen molar-refractivity contribution in [2.24, 2.45) is 5.41 Å². The molecule has 0 spiro atoms. The van der Waals surface area contributed by atoms with E-state index in [0.717, 1.165) is 61.1 Å². The predicted molar refractivity (Wildman–Crippen MR) is 271 cm³/mol. The average molecular weight is 1110 g/mol. The summed E-state index contributed by atoms with van der Waals surface area (Å²) in [6.45, 7) is 2.71. The fourth-order valence-electron chi connectivity index (χ4n) is 6.29. The Kier molecular flexibility index (Phi) is 32.4. The molecule has 3 heterocycles. The molecule has 31 heteroatoms. The van der Waals surface area contributed by atoms with Crippen molar-refractivity contribution in [1.82, 2.24) is 48.6 Å². The summed E-state index contributed by atoms with van der Waals surface area (Å²) in [5.41, 5.74) is 4.27. The van der Waals surface area contributed by atoms with Gasteiger partial charge in [-0.25, -0.2) is 28.6 Å². The van der Waals surface area contributed by atoms with Gasteiger partial charge in [-0.1, -0.05) is 94.0 Å². The molecule has 2 aromatic rings. The minimum Gasteiger partial charge on any atom is -0.386 e. The van der Waals surface area contributed by atoms with Crippen LogP contribution >= 0.6 is 35.2 Å². The van der Waals surface area contributed by atoms with Crippen LogP contribution in [0.4, 0.5) is 5.82 Å². The predicted octanol–water partition coefficient (Wildman–Crippen LogP) is 5.30. The number of aliphatic hydroxyl groups is 2. The Morgan fingerprint density at radius 3 is 2.07 bits per heavy atom. The largest absolute Gasteiger partial charge is 0.481 e. The number of phosphoric acid groups is 3. The first-order chi connectivity index (χ1) is 32.6. The zero-order chi connectivity index (χ0) is 51.1. The summed E-state index contributed by atoms with van der Waals surface area (Å²) >= 11 is 1.11. The van der Waals surface area contributed by atoms with Gasteiger partial charge in [-0.3, -0.25) is 32.5 Å². The van der Waals surface area contributed by atoms with Gasteiger partial charge in [0.1, 0.15) is 36.3 Å². The zero-order valence-electron chi connectivity index (χ0n) is 40.9. The van der Waals surface area contributed by atoms with Crippen molar-refractivity contribution >= 4 is 69.1 Å². The number of aromatic nitrogens is 4. The number of hydrogen-bond acceptors (Lipinski definition) is 21. The van der Waals surface area contributed by atoms with Crippen LogP contribution in [0.1, 0.15) is 97.6 Å². The van der Waals surface area contributed by atoms with Crippen LogP contribution in [0.3, 0.4) is 0 Å². The van der Waals surface area contributed by atoms with E-state index in [4.69, 9.17) is 19.5 Å². The number of imidazole rings is 1. The van der Waals surface area contributed by atoms with Crippen LogP contribution in [0.15, 0.2) is 61.3 Å². The smallest absolute Gasteiger partial charge is 0.386 e. The van der Waals surface area contributed by atoms with Crippen LogP contribution in [-0.2, 0) is 50.7 Å². The molecule has 7 atom stereocenters. The second-order valence-corrected chi connectivity index (χ2v) is 21.7. The molecule has 0 aromatic carbocycles. The molecule has 1 aliphatic rings. The molecule has 72 heavy (non-hydrogen) atoms. The maximum Gasteiger partial charge on any atom is 0.481 e. The lowest BCUT2D eigenvalue weighted by molar-refractivity contribution is -0.137. The summed E-state index contributed by atoms with van der Waals surface area (Å²) in [6, 6.07) is 0. The Hall–Kier alpha value is -3.60. The van der Waals surface area contributed by atoms with Crippen molar-refractivity contribution in [2.45, 2.75) is 122 Å². The number of thioether (sulfide) groups is 1. The molecule has 3 rings (SSSR count). The standard InChI is InChI=1S/C41H66N7O17P3S.3H3N/c1-4-5-6-7-8-9-10-11-12-13-14-15-16-17-18-19-20-21-32(50)69-25-24-43-31(49)22-23-44-39(53)36(52)41(2,3)27-62-68(59,60)65-67(57,58)61-26-30-35(64-66(54,55)56)34(51)40(63-30)48-29-47-33-37(42)45-28-46-38(33)48;;;/h8-9,11-12,14-15,17-18,28-30,34-36,40,51-52H,4-7,10,13,16,19-27H2,1-3H3,(H,43,49)(H,44,53)(H,57,58)(H,59,60)(H2,42,45,46)(H2,54,55,56);3*1H3/b9-8-,12-11-,15-14-,18-17-;;;/t30-,34?,35+,36+,40-;;;/m1.../s1. The number of anilines is 1. The molecule has 1 aliphatic heterocycles. The third-order valence-corrected chi connectivity index (χ3v) is 14.0. The molecule has 27 nitrogen and oxygen atoms in total. The van der Waals surface area contributed by atoms with Gasteiger partial charge >= 0.3 is 23.5 Å². The van der Waals surface area contributed by atoms with Crippen molar-refractivity contribution in [2.75, 3.05) is 37.8 Å². The van der Waals surface area contributed by atoms with Gasteiger partial charge in [-0.05, 0) is 44.9 Å². The summed E-state index contributed by atoms with van der Waals surface area (Å²) in [5.74, 6) is -1.09. The van der Waals surface area contributed by atoms with Gasteiger partial charge in [-0.2, -0.15) is 4.31 Å². The highest BCUT2D eigenvalue weighted by atomic mass is 32.2. The van der Waals surface area contributed by atoms with Crippen LogP contribution in [0.2, 0.25) is 0 Å². The molecule has 0 radical (unpaired) electrons. The van der Waals surface area contributed by atoms with Gasteiger partial charge in [0.25, 0.3) is 0 Å². The van der Waals surface area contributed by atoms with Crippen molar-refractivity contribution in [3.8, 4) is 0 Å². The van der Waals surface area contributed by atoms with Crippen molar-refractivity contribution < 1.29 is 80.5 Å². The molecule has 2 aromatic heterocycles. The number of amides is 2. The number of ether oxygens (including phenoxy) is 1. The number of fused-ring (bicyclic) bond motifs is 1. The number of allylic oxidation sites excluding steroid dienone is 8. The molecule has 412 valence electrons.